The van der Waals surface area contributed by atoms with E-state index < -0.39 is 5.41 Å². The number of benzene rings is 1. The zero-order valence-corrected chi connectivity index (χ0v) is 15.2. The molecule has 1 aromatic carbocycles. The molecule has 3 N–H and O–H groups in total. The van der Waals surface area contributed by atoms with Gasteiger partial charge in [0.2, 0.25) is 5.91 Å². The third-order valence-corrected chi connectivity index (χ3v) is 4.38. The largest absolute Gasteiger partial charge is 0.351 e. The molecule has 0 saturated heterocycles. The van der Waals surface area contributed by atoms with Crippen molar-refractivity contribution in [3.63, 3.8) is 0 Å². The van der Waals surface area contributed by atoms with Crippen LogP contribution in [0.15, 0.2) is 36.5 Å². The molecule has 6 heteroatoms. The van der Waals surface area contributed by atoms with Gasteiger partial charge in [-0.1, -0.05) is 38.1 Å². The Morgan fingerprint density at radius 3 is 2.43 bits per heavy atom. The molecule has 0 fully saturated rings. The predicted octanol–water partition coefficient (Wildman–Crippen LogP) is 3.46. The summed E-state index contributed by atoms with van der Waals surface area (Å²) in [5, 5.41) is 4.11. The molecule has 1 amide bonds. The zero-order valence-electron chi connectivity index (χ0n) is 13.5. The average molecular weight is 358 g/mol. The first-order chi connectivity index (χ1) is 10.2. The van der Waals surface area contributed by atoms with Crippen molar-refractivity contribution in [2.75, 3.05) is 6.54 Å². The third-order valence-electron chi connectivity index (χ3n) is 4.38. The van der Waals surface area contributed by atoms with Crippen LogP contribution in [0.25, 0.3) is 10.9 Å². The van der Waals surface area contributed by atoms with E-state index in [9.17, 15) is 4.79 Å². The van der Waals surface area contributed by atoms with Gasteiger partial charge in [0, 0.05) is 24.7 Å². The van der Waals surface area contributed by atoms with Crippen LogP contribution in [0.2, 0.25) is 0 Å². The van der Waals surface area contributed by atoms with Gasteiger partial charge in [-0.25, -0.2) is 0 Å². The van der Waals surface area contributed by atoms with Gasteiger partial charge in [0.05, 0.1) is 10.9 Å². The molecule has 0 unspecified atom stereocenters. The fourth-order valence-electron chi connectivity index (χ4n) is 2.63. The van der Waals surface area contributed by atoms with Crippen LogP contribution in [-0.4, -0.2) is 17.4 Å². The fraction of sp³-hybridized carbons (Fsp3) is 0.412. The van der Waals surface area contributed by atoms with E-state index in [1.54, 1.807) is 6.20 Å². The summed E-state index contributed by atoms with van der Waals surface area (Å²) in [6.45, 7) is 4.87. The molecule has 0 aliphatic heterocycles. The summed E-state index contributed by atoms with van der Waals surface area (Å²) < 4.78 is 0. The second kappa shape index (κ2) is 9.71. The van der Waals surface area contributed by atoms with Crippen molar-refractivity contribution in [3.05, 3.63) is 42.1 Å². The summed E-state index contributed by atoms with van der Waals surface area (Å²) in [6, 6.07) is 9.95. The lowest BCUT2D eigenvalue weighted by molar-refractivity contribution is -0.131. The molecule has 0 atom stereocenters. The summed E-state index contributed by atoms with van der Waals surface area (Å²) in [5.74, 6) is 0.0305. The van der Waals surface area contributed by atoms with Gasteiger partial charge in [0.25, 0.3) is 0 Å². The number of pyridine rings is 1. The van der Waals surface area contributed by atoms with Crippen molar-refractivity contribution in [2.24, 2.45) is 11.1 Å². The molecular weight excluding hydrogens is 333 g/mol. The number of hydrogen-bond donors (Lipinski definition) is 2. The minimum atomic E-state index is -0.460. The van der Waals surface area contributed by atoms with Crippen molar-refractivity contribution in [2.45, 2.75) is 33.2 Å². The van der Waals surface area contributed by atoms with Gasteiger partial charge in [-0.15, -0.1) is 24.8 Å². The van der Waals surface area contributed by atoms with Gasteiger partial charge in [-0.2, -0.15) is 0 Å². The molecule has 2 aromatic rings. The molecule has 0 aliphatic carbocycles. The first kappa shape index (κ1) is 21.6. The van der Waals surface area contributed by atoms with Crippen LogP contribution < -0.4 is 11.1 Å². The lowest BCUT2D eigenvalue weighted by atomic mass is 9.81. The monoisotopic (exact) mass is 357 g/mol. The topological polar surface area (TPSA) is 68.0 Å². The summed E-state index contributed by atoms with van der Waals surface area (Å²) >= 11 is 0. The van der Waals surface area contributed by atoms with E-state index in [0.29, 0.717) is 13.1 Å². The van der Waals surface area contributed by atoms with Crippen molar-refractivity contribution < 1.29 is 4.79 Å². The van der Waals surface area contributed by atoms with E-state index in [1.165, 1.54) is 0 Å². The number of para-hydroxylation sites is 1. The van der Waals surface area contributed by atoms with Crippen LogP contribution in [0.4, 0.5) is 0 Å². The van der Waals surface area contributed by atoms with Crippen molar-refractivity contribution in [3.8, 4) is 0 Å². The van der Waals surface area contributed by atoms with E-state index >= 15 is 0 Å². The molecule has 0 saturated carbocycles. The number of hydrogen-bond acceptors (Lipinski definition) is 3. The van der Waals surface area contributed by atoms with Crippen LogP contribution >= 0.6 is 24.8 Å². The number of rotatable bonds is 6. The molecule has 0 bridgehead atoms. The van der Waals surface area contributed by atoms with Gasteiger partial charge >= 0.3 is 0 Å². The highest BCUT2D eigenvalue weighted by Crippen LogP contribution is 2.25. The molecule has 128 valence electrons. The van der Waals surface area contributed by atoms with E-state index in [1.807, 2.05) is 44.2 Å². The normalized spacial score (nSPS) is 10.6. The fourth-order valence-corrected chi connectivity index (χ4v) is 2.63. The lowest BCUT2D eigenvalue weighted by Gasteiger charge is -2.28. The maximum Gasteiger partial charge on any atom is 0.227 e. The van der Waals surface area contributed by atoms with Crippen LogP contribution in [0.3, 0.4) is 0 Å². The lowest BCUT2D eigenvalue weighted by Crippen LogP contribution is -2.45. The second-order valence-corrected chi connectivity index (χ2v) is 5.37. The van der Waals surface area contributed by atoms with Gasteiger partial charge in [-0.05, 0) is 24.5 Å². The second-order valence-electron chi connectivity index (χ2n) is 5.37. The molecular formula is C17H25Cl2N3O. The molecule has 1 aromatic heterocycles. The number of nitrogens with zero attached hydrogens (tertiary/aromatic N) is 1. The van der Waals surface area contributed by atoms with Crippen molar-refractivity contribution in [1.29, 1.82) is 0 Å². The Balaban J connectivity index is 0.00000242. The molecule has 4 nitrogen and oxygen atoms in total. The molecule has 23 heavy (non-hydrogen) atoms. The number of fused-ring (bicyclic) bond motifs is 1. The predicted molar refractivity (Wildman–Crippen MR) is 100 cm³/mol. The minimum absolute atomic E-state index is 0. The Morgan fingerprint density at radius 1 is 1.17 bits per heavy atom. The summed E-state index contributed by atoms with van der Waals surface area (Å²) in [6.07, 6.45) is 3.27. The Bertz CT molecular complexity index is 617. The Morgan fingerprint density at radius 2 is 1.83 bits per heavy atom. The van der Waals surface area contributed by atoms with Crippen LogP contribution in [0.1, 0.15) is 32.3 Å². The number of halogens is 2. The average Bonchev–Trinajstić information content (AvgIpc) is 2.55. The molecule has 0 aliphatic rings. The van der Waals surface area contributed by atoms with Crippen LogP contribution in [-0.2, 0) is 11.3 Å². The van der Waals surface area contributed by atoms with Gasteiger partial charge in [0.1, 0.15) is 0 Å². The Kier molecular flexibility index (Phi) is 9.13. The number of amides is 1. The highest BCUT2D eigenvalue weighted by atomic mass is 35.5. The van der Waals surface area contributed by atoms with E-state index in [2.05, 4.69) is 10.3 Å². The van der Waals surface area contributed by atoms with E-state index in [-0.39, 0.29) is 30.7 Å². The van der Waals surface area contributed by atoms with E-state index in [0.717, 1.165) is 29.3 Å². The summed E-state index contributed by atoms with van der Waals surface area (Å²) in [4.78, 5) is 16.9. The molecule has 0 spiro atoms. The minimum Gasteiger partial charge on any atom is -0.351 e. The highest BCUT2D eigenvalue weighted by Gasteiger charge is 2.32. The van der Waals surface area contributed by atoms with Crippen molar-refractivity contribution in [1.82, 2.24) is 10.3 Å². The molecule has 2 rings (SSSR count). The van der Waals surface area contributed by atoms with Crippen LogP contribution in [0.5, 0.6) is 0 Å². The highest BCUT2D eigenvalue weighted by molar-refractivity contribution is 5.86. The van der Waals surface area contributed by atoms with E-state index in [4.69, 9.17) is 5.73 Å². The third kappa shape index (κ3) is 4.56. The first-order valence-corrected chi connectivity index (χ1v) is 7.48. The standard InChI is InChI=1S/C17H23N3O.2ClH/c1-3-17(4-2,12-18)16(21)20-11-14-8-5-7-13-9-6-10-19-15(13)14;;/h5-10H,3-4,11-12,18H2,1-2H3,(H,20,21);2*1H. The number of aromatic nitrogens is 1. The SMILES string of the molecule is CCC(CC)(CN)C(=O)NCc1cccc2cccnc12.Cl.Cl. The first-order valence-electron chi connectivity index (χ1n) is 7.48. The summed E-state index contributed by atoms with van der Waals surface area (Å²) in [7, 11) is 0. The number of nitrogens with one attached hydrogen (secondary N) is 1. The number of carbonyl (C=O) groups excluding carboxylic acids is 1. The number of nitrogens with two attached hydrogens (primary N) is 1. The quantitative estimate of drug-likeness (QED) is 0.831. The Labute approximate surface area is 150 Å². The van der Waals surface area contributed by atoms with Gasteiger partial charge < -0.3 is 11.1 Å². The molecule has 0 radical (unpaired) electrons. The van der Waals surface area contributed by atoms with Crippen molar-refractivity contribution >= 4 is 41.6 Å². The maximum atomic E-state index is 12.5. The summed E-state index contributed by atoms with van der Waals surface area (Å²) in [5.41, 5.74) is 7.32. The molecule has 1 heterocycles. The van der Waals surface area contributed by atoms with Crippen LogP contribution in [0, 0.1) is 5.41 Å². The number of carbonyl (C=O) groups is 1. The van der Waals surface area contributed by atoms with Gasteiger partial charge in [-0.3, -0.25) is 9.78 Å². The Hall–Kier alpha value is -1.36. The zero-order chi connectivity index (χ0) is 15.3. The maximum absolute atomic E-state index is 12.5. The smallest absolute Gasteiger partial charge is 0.227 e. The van der Waals surface area contributed by atoms with Gasteiger partial charge in [0.15, 0.2) is 0 Å².